The molecule has 0 N–H and O–H groups in total. The van der Waals surface area contributed by atoms with Crippen LogP contribution in [0.5, 0.6) is 0 Å². The number of thiophene rings is 1. The molecule has 2 fully saturated rings. The number of rotatable bonds is 6. The summed E-state index contributed by atoms with van der Waals surface area (Å²) in [6.45, 7) is 5.49. The number of likely N-dealkylation sites (tertiary alicyclic amines) is 1. The second kappa shape index (κ2) is 9.34. The van der Waals surface area contributed by atoms with Gasteiger partial charge in [-0.2, -0.15) is 0 Å². The van der Waals surface area contributed by atoms with Crippen molar-refractivity contribution in [3.63, 3.8) is 0 Å². The summed E-state index contributed by atoms with van der Waals surface area (Å²) in [5.74, 6) is 0.522. The van der Waals surface area contributed by atoms with Crippen molar-refractivity contribution in [2.24, 2.45) is 0 Å². The first-order valence-electron chi connectivity index (χ1n) is 9.52. The molecule has 0 aliphatic carbocycles. The molecule has 138 valence electrons. The molecule has 2 amide bonds. The Kier molecular flexibility index (Phi) is 6.87. The fraction of sp³-hybridized carbons (Fsp3) is 0.684. The van der Waals surface area contributed by atoms with Gasteiger partial charge in [-0.1, -0.05) is 6.07 Å². The van der Waals surface area contributed by atoms with Crippen molar-refractivity contribution >= 4 is 23.2 Å². The molecule has 0 bridgehead atoms. The smallest absolute Gasteiger partial charge is 0.236 e. The van der Waals surface area contributed by atoms with Gasteiger partial charge in [0.1, 0.15) is 0 Å². The zero-order chi connectivity index (χ0) is 17.5. The molecule has 0 radical (unpaired) electrons. The number of amides is 2. The van der Waals surface area contributed by atoms with Crippen molar-refractivity contribution in [2.75, 3.05) is 45.8 Å². The zero-order valence-corrected chi connectivity index (χ0v) is 15.8. The van der Waals surface area contributed by atoms with Gasteiger partial charge in [0, 0.05) is 50.6 Å². The number of hydrogen-bond donors (Lipinski definition) is 0. The van der Waals surface area contributed by atoms with Crippen molar-refractivity contribution in [2.45, 2.75) is 38.5 Å². The van der Waals surface area contributed by atoms with Gasteiger partial charge in [0.2, 0.25) is 11.8 Å². The molecule has 6 heteroatoms. The standard InChI is InChI=1S/C19H29N3O2S/c23-18(8-4-6-17-7-5-15-25-17)22-13-11-20(12-14-22)16-19(24)21-9-2-1-3-10-21/h5,7,15H,1-4,6,8-14,16H2. The molecule has 25 heavy (non-hydrogen) atoms. The maximum Gasteiger partial charge on any atom is 0.236 e. The van der Waals surface area contributed by atoms with Crippen LogP contribution in [0.25, 0.3) is 0 Å². The van der Waals surface area contributed by atoms with E-state index in [1.165, 1.54) is 11.3 Å². The van der Waals surface area contributed by atoms with Crippen LogP contribution in [0.15, 0.2) is 17.5 Å². The minimum atomic E-state index is 0.260. The lowest BCUT2D eigenvalue weighted by molar-refractivity contribution is -0.135. The monoisotopic (exact) mass is 363 g/mol. The third-order valence-electron chi connectivity index (χ3n) is 5.19. The molecule has 3 rings (SSSR count). The molecule has 0 spiro atoms. The van der Waals surface area contributed by atoms with E-state index < -0.39 is 0 Å². The van der Waals surface area contributed by atoms with Crippen molar-refractivity contribution in [3.05, 3.63) is 22.4 Å². The molecule has 2 saturated heterocycles. The maximum absolute atomic E-state index is 12.3. The highest BCUT2D eigenvalue weighted by molar-refractivity contribution is 7.09. The Hall–Kier alpha value is -1.40. The molecular weight excluding hydrogens is 334 g/mol. The summed E-state index contributed by atoms with van der Waals surface area (Å²) >= 11 is 1.76. The first kappa shape index (κ1) is 18.4. The first-order valence-corrected chi connectivity index (χ1v) is 10.4. The Morgan fingerprint density at radius 1 is 0.920 bits per heavy atom. The Morgan fingerprint density at radius 3 is 2.32 bits per heavy atom. The van der Waals surface area contributed by atoms with Gasteiger partial charge in [-0.3, -0.25) is 14.5 Å². The largest absolute Gasteiger partial charge is 0.342 e. The lowest BCUT2D eigenvalue weighted by Gasteiger charge is -2.36. The van der Waals surface area contributed by atoms with Gasteiger partial charge in [-0.25, -0.2) is 0 Å². The normalized spacial score (nSPS) is 19.2. The summed E-state index contributed by atoms with van der Waals surface area (Å²) < 4.78 is 0. The van der Waals surface area contributed by atoms with E-state index in [1.54, 1.807) is 11.3 Å². The van der Waals surface area contributed by atoms with E-state index in [-0.39, 0.29) is 11.8 Å². The van der Waals surface area contributed by atoms with Gasteiger partial charge in [0.05, 0.1) is 6.54 Å². The highest BCUT2D eigenvalue weighted by atomic mass is 32.1. The average molecular weight is 364 g/mol. The first-order chi connectivity index (χ1) is 12.2. The Bertz CT molecular complexity index is 547. The zero-order valence-electron chi connectivity index (χ0n) is 15.0. The number of carbonyl (C=O) groups excluding carboxylic acids is 2. The van der Waals surface area contributed by atoms with E-state index in [1.807, 2.05) is 9.80 Å². The molecule has 5 nitrogen and oxygen atoms in total. The highest BCUT2D eigenvalue weighted by Crippen LogP contribution is 2.14. The summed E-state index contributed by atoms with van der Waals surface area (Å²) in [7, 11) is 0. The maximum atomic E-state index is 12.3. The molecule has 1 aromatic heterocycles. The van der Waals surface area contributed by atoms with Crippen LogP contribution in [0.1, 0.15) is 37.0 Å². The summed E-state index contributed by atoms with van der Waals surface area (Å²) in [6, 6.07) is 4.19. The Balaban J connectivity index is 1.33. The molecule has 0 atom stereocenters. The third-order valence-corrected chi connectivity index (χ3v) is 6.12. The quantitative estimate of drug-likeness (QED) is 0.778. The number of aryl methyl sites for hydroxylation is 1. The molecule has 3 heterocycles. The van der Waals surface area contributed by atoms with E-state index in [0.29, 0.717) is 13.0 Å². The van der Waals surface area contributed by atoms with Crippen molar-refractivity contribution in [1.82, 2.24) is 14.7 Å². The summed E-state index contributed by atoms with van der Waals surface area (Å²) in [5, 5.41) is 2.08. The topological polar surface area (TPSA) is 43.9 Å². The van der Waals surface area contributed by atoms with Crippen LogP contribution in [-0.2, 0) is 16.0 Å². The fourth-order valence-corrected chi connectivity index (χ4v) is 4.37. The van der Waals surface area contributed by atoms with E-state index in [0.717, 1.165) is 65.0 Å². The molecule has 0 saturated carbocycles. The minimum Gasteiger partial charge on any atom is -0.342 e. The predicted molar refractivity (Wildman–Crippen MR) is 101 cm³/mol. The predicted octanol–water partition coefficient (Wildman–Crippen LogP) is 2.23. The van der Waals surface area contributed by atoms with Crippen LogP contribution in [0.4, 0.5) is 0 Å². The number of carbonyl (C=O) groups is 2. The van der Waals surface area contributed by atoms with Gasteiger partial charge in [0.15, 0.2) is 0 Å². The lowest BCUT2D eigenvalue weighted by atomic mass is 10.1. The molecule has 0 aromatic carbocycles. The van der Waals surface area contributed by atoms with Crippen LogP contribution < -0.4 is 0 Å². The van der Waals surface area contributed by atoms with Crippen molar-refractivity contribution < 1.29 is 9.59 Å². The van der Waals surface area contributed by atoms with E-state index in [4.69, 9.17) is 0 Å². The minimum absolute atomic E-state index is 0.260. The average Bonchev–Trinajstić information content (AvgIpc) is 3.16. The van der Waals surface area contributed by atoms with Crippen molar-refractivity contribution in [3.8, 4) is 0 Å². The van der Waals surface area contributed by atoms with E-state index in [9.17, 15) is 9.59 Å². The molecule has 2 aliphatic rings. The van der Waals surface area contributed by atoms with E-state index >= 15 is 0 Å². The molecule has 2 aliphatic heterocycles. The van der Waals surface area contributed by atoms with Gasteiger partial charge in [-0.15, -0.1) is 11.3 Å². The van der Waals surface area contributed by atoms with Crippen molar-refractivity contribution in [1.29, 1.82) is 0 Å². The van der Waals surface area contributed by atoms with Gasteiger partial charge in [0.25, 0.3) is 0 Å². The van der Waals surface area contributed by atoms with Gasteiger partial charge in [-0.05, 0) is 43.6 Å². The lowest BCUT2D eigenvalue weighted by Crippen LogP contribution is -2.52. The summed E-state index contributed by atoms with van der Waals surface area (Å²) in [6.07, 6.45) is 6.07. The third kappa shape index (κ3) is 5.54. The van der Waals surface area contributed by atoms with Gasteiger partial charge < -0.3 is 9.80 Å². The van der Waals surface area contributed by atoms with Crippen LogP contribution in [0.2, 0.25) is 0 Å². The van der Waals surface area contributed by atoms with Gasteiger partial charge >= 0.3 is 0 Å². The van der Waals surface area contributed by atoms with Crippen LogP contribution >= 0.6 is 11.3 Å². The fourth-order valence-electron chi connectivity index (χ4n) is 3.62. The number of hydrogen-bond acceptors (Lipinski definition) is 4. The number of nitrogens with zero attached hydrogens (tertiary/aromatic N) is 3. The highest BCUT2D eigenvalue weighted by Gasteiger charge is 2.24. The SMILES string of the molecule is O=C(CCCc1cccs1)N1CCN(CC(=O)N2CCCCC2)CC1. The second-order valence-corrected chi connectivity index (χ2v) is 8.06. The molecule has 1 aromatic rings. The van der Waals surface area contributed by atoms with Crippen LogP contribution in [0, 0.1) is 0 Å². The second-order valence-electron chi connectivity index (χ2n) is 7.03. The van der Waals surface area contributed by atoms with Crippen LogP contribution in [0.3, 0.4) is 0 Å². The number of piperidine rings is 1. The Morgan fingerprint density at radius 2 is 1.64 bits per heavy atom. The van der Waals surface area contributed by atoms with E-state index in [2.05, 4.69) is 22.4 Å². The molecule has 0 unspecified atom stereocenters. The number of piperazine rings is 1. The summed E-state index contributed by atoms with van der Waals surface area (Å²) in [5.41, 5.74) is 0. The molecular formula is C19H29N3O2S. The van der Waals surface area contributed by atoms with Crippen LogP contribution in [-0.4, -0.2) is 72.3 Å². The Labute approximate surface area is 154 Å². The summed E-state index contributed by atoms with van der Waals surface area (Å²) in [4.78, 5) is 32.2.